The van der Waals surface area contributed by atoms with E-state index in [1.807, 2.05) is 36.4 Å². The number of aliphatic hydroxyl groups is 1. The maximum atomic E-state index is 8.86. The van der Waals surface area contributed by atoms with Crippen molar-refractivity contribution in [1.29, 1.82) is 0 Å². The molecular formula is C16H16N2O2S. The van der Waals surface area contributed by atoms with E-state index in [0.29, 0.717) is 11.6 Å². The summed E-state index contributed by atoms with van der Waals surface area (Å²) in [5.74, 6) is 2.22. The highest BCUT2D eigenvalue weighted by Gasteiger charge is 2.11. The number of rotatable bonds is 6. The molecule has 3 rings (SSSR count). The molecule has 0 aliphatic heterocycles. The van der Waals surface area contributed by atoms with Crippen LogP contribution in [0.5, 0.6) is 0 Å². The topological polar surface area (TPSA) is 59.2 Å². The van der Waals surface area contributed by atoms with Crippen LogP contribution in [0.4, 0.5) is 0 Å². The predicted molar refractivity (Wildman–Crippen MR) is 84.3 cm³/mol. The molecule has 1 N–H and O–H groups in total. The maximum Gasteiger partial charge on any atom is 0.197 e. The number of hydrogen-bond donors (Lipinski definition) is 1. The summed E-state index contributed by atoms with van der Waals surface area (Å²) >= 11 is 1.70. The third kappa shape index (κ3) is 3.25. The van der Waals surface area contributed by atoms with Crippen molar-refractivity contribution < 1.29 is 9.52 Å². The zero-order valence-electron chi connectivity index (χ0n) is 11.5. The number of benzene rings is 1. The lowest BCUT2D eigenvalue weighted by atomic mass is 10.2. The van der Waals surface area contributed by atoms with E-state index in [2.05, 4.69) is 9.97 Å². The highest BCUT2D eigenvalue weighted by molar-refractivity contribution is 7.99. The number of thioether (sulfide) groups is 1. The fraction of sp³-hybridized carbons (Fsp3) is 0.250. The molecule has 1 aromatic carbocycles. The van der Waals surface area contributed by atoms with Crippen molar-refractivity contribution in [3.8, 4) is 11.6 Å². The third-order valence-corrected chi connectivity index (χ3v) is 4.18. The summed E-state index contributed by atoms with van der Waals surface area (Å²) < 4.78 is 5.40. The van der Waals surface area contributed by atoms with Crippen LogP contribution in [0, 0.1) is 0 Å². The van der Waals surface area contributed by atoms with Gasteiger partial charge in [0, 0.05) is 12.0 Å². The first-order chi connectivity index (χ1) is 10.4. The minimum atomic E-state index is 0.239. The van der Waals surface area contributed by atoms with Crippen molar-refractivity contribution in [1.82, 2.24) is 9.97 Å². The molecule has 5 heteroatoms. The van der Waals surface area contributed by atoms with Crippen molar-refractivity contribution in [2.75, 3.05) is 12.4 Å². The minimum absolute atomic E-state index is 0.239. The molecule has 21 heavy (non-hydrogen) atoms. The van der Waals surface area contributed by atoms with Crippen LogP contribution in [0.15, 0.2) is 52.1 Å². The van der Waals surface area contributed by atoms with E-state index in [-0.39, 0.29) is 6.61 Å². The summed E-state index contributed by atoms with van der Waals surface area (Å²) in [5.41, 5.74) is 0.920. The number of nitrogens with zero attached hydrogens (tertiary/aromatic N) is 2. The number of para-hydroxylation sites is 1. The first-order valence-corrected chi connectivity index (χ1v) is 7.91. The zero-order valence-corrected chi connectivity index (χ0v) is 12.3. The lowest BCUT2D eigenvalue weighted by Gasteiger charge is -2.07. The van der Waals surface area contributed by atoms with Gasteiger partial charge in [0.25, 0.3) is 0 Å². The van der Waals surface area contributed by atoms with Gasteiger partial charge in [-0.2, -0.15) is 0 Å². The molecular weight excluding hydrogens is 284 g/mol. The Morgan fingerprint density at radius 3 is 2.76 bits per heavy atom. The van der Waals surface area contributed by atoms with Crippen LogP contribution in [0.1, 0.15) is 12.8 Å². The number of hydrogen-bond acceptors (Lipinski definition) is 5. The molecule has 0 aliphatic carbocycles. The lowest BCUT2D eigenvalue weighted by molar-refractivity contribution is 0.287. The van der Waals surface area contributed by atoms with E-state index >= 15 is 0 Å². The van der Waals surface area contributed by atoms with E-state index in [1.54, 1.807) is 18.0 Å². The van der Waals surface area contributed by atoms with Crippen LogP contribution in [0.2, 0.25) is 0 Å². The van der Waals surface area contributed by atoms with Gasteiger partial charge < -0.3 is 9.52 Å². The standard InChI is InChI=1S/C16H16N2O2S/c19-9-3-4-11-21-16-12-6-1-2-7-13(12)17-15(18-16)14-8-5-10-20-14/h1-2,5-8,10,19H,3-4,9,11H2. The van der Waals surface area contributed by atoms with Gasteiger partial charge in [-0.25, -0.2) is 9.97 Å². The van der Waals surface area contributed by atoms with Gasteiger partial charge in [0.15, 0.2) is 11.6 Å². The Bertz CT molecular complexity index is 713. The summed E-state index contributed by atoms with van der Waals surface area (Å²) in [7, 11) is 0. The SMILES string of the molecule is OCCCCSc1nc(-c2ccco2)nc2ccccc12. The highest BCUT2D eigenvalue weighted by atomic mass is 32.2. The molecule has 2 aromatic heterocycles. The molecule has 0 unspecified atom stereocenters. The average Bonchev–Trinajstić information content (AvgIpc) is 3.05. The maximum absolute atomic E-state index is 8.86. The van der Waals surface area contributed by atoms with Crippen LogP contribution in [0.25, 0.3) is 22.5 Å². The molecule has 0 spiro atoms. The molecule has 0 saturated carbocycles. The lowest BCUT2D eigenvalue weighted by Crippen LogP contribution is -1.94. The van der Waals surface area contributed by atoms with Gasteiger partial charge in [0.1, 0.15) is 5.03 Å². The van der Waals surface area contributed by atoms with Crippen LogP contribution in [-0.2, 0) is 0 Å². The molecule has 2 heterocycles. The number of aromatic nitrogens is 2. The minimum Gasteiger partial charge on any atom is -0.461 e. The Balaban J connectivity index is 1.95. The number of furan rings is 1. The normalized spacial score (nSPS) is 11.1. The van der Waals surface area contributed by atoms with Gasteiger partial charge in [-0.3, -0.25) is 0 Å². The van der Waals surface area contributed by atoms with Gasteiger partial charge in [-0.15, -0.1) is 11.8 Å². The Labute approximate surface area is 127 Å². The molecule has 0 saturated heterocycles. The van der Waals surface area contributed by atoms with Gasteiger partial charge in [-0.05, 0) is 36.8 Å². The molecule has 0 atom stereocenters. The van der Waals surface area contributed by atoms with Crippen molar-refractivity contribution in [2.45, 2.75) is 17.9 Å². The molecule has 0 amide bonds. The van der Waals surface area contributed by atoms with Gasteiger partial charge in [0.05, 0.1) is 11.8 Å². The summed E-state index contributed by atoms with van der Waals surface area (Å²) in [6.07, 6.45) is 3.42. The number of unbranched alkanes of at least 4 members (excludes halogenated alkanes) is 1. The van der Waals surface area contributed by atoms with Crippen LogP contribution < -0.4 is 0 Å². The Hall–Kier alpha value is -1.85. The van der Waals surface area contributed by atoms with Crippen LogP contribution >= 0.6 is 11.8 Å². The first kappa shape index (κ1) is 14.1. The quantitative estimate of drug-likeness (QED) is 0.427. The van der Waals surface area contributed by atoms with Crippen molar-refractivity contribution >= 4 is 22.7 Å². The fourth-order valence-electron chi connectivity index (χ4n) is 2.06. The molecule has 108 valence electrons. The highest BCUT2D eigenvalue weighted by Crippen LogP contribution is 2.28. The second kappa shape index (κ2) is 6.74. The van der Waals surface area contributed by atoms with Crippen molar-refractivity contribution in [3.05, 3.63) is 42.7 Å². The molecule has 0 bridgehead atoms. The molecule has 0 radical (unpaired) electrons. The predicted octanol–water partition coefficient (Wildman–Crippen LogP) is 3.75. The van der Waals surface area contributed by atoms with Crippen molar-refractivity contribution in [3.63, 3.8) is 0 Å². The summed E-state index contributed by atoms with van der Waals surface area (Å²) in [6, 6.07) is 11.7. The average molecular weight is 300 g/mol. The van der Waals surface area contributed by atoms with Gasteiger partial charge in [-0.1, -0.05) is 18.2 Å². The van der Waals surface area contributed by atoms with E-state index < -0.39 is 0 Å². The van der Waals surface area contributed by atoms with Crippen LogP contribution in [0.3, 0.4) is 0 Å². The summed E-state index contributed by atoms with van der Waals surface area (Å²) in [4.78, 5) is 9.20. The third-order valence-electron chi connectivity index (χ3n) is 3.10. The summed E-state index contributed by atoms with van der Waals surface area (Å²) in [5, 5.41) is 10.9. The molecule has 3 aromatic rings. The Morgan fingerprint density at radius 1 is 1.05 bits per heavy atom. The Kier molecular flexibility index (Phi) is 4.52. The number of fused-ring (bicyclic) bond motifs is 1. The molecule has 0 aliphatic rings. The second-order valence-corrected chi connectivity index (χ2v) is 5.71. The smallest absolute Gasteiger partial charge is 0.197 e. The molecule has 4 nitrogen and oxygen atoms in total. The fourth-order valence-corrected chi connectivity index (χ4v) is 3.08. The van der Waals surface area contributed by atoms with Crippen LogP contribution in [-0.4, -0.2) is 27.4 Å². The number of aliphatic hydroxyl groups excluding tert-OH is 1. The van der Waals surface area contributed by atoms with Crippen molar-refractivity contribution in [2.24, 2.45) is 0 Å². The zero-order chi connectivity index (χ0) is 14.5. The largest absolute Gasteiger partial charge is 0.461 e. The Morgan fingerprint density at radius 2 is 1.95 bits per heavy atom. The van der Waals surface area contributed by atoms with E-state index in [0.717, 1.165) is 34.5 Å². The monoisotopic (exact) mass is 300 g/mol. The molecule has 0 fully saturated rings. The van der Waals surface area contributed by atoms with Gasteiger partial charge in [0.2, 0.25) is 0 Å². The second-order valence-electron chi connectivity index (χ2n) is 4.63. The van der Waals surface area contributed by atoms with E-state index in [4.69, 9.17) is 9.52 Å². The van der Waals surface area contributed by atoms with Gasteiger partial charge >= 0.3 is 0 Å². The van der Waals surface area contributed by atoms with E-state index in [1.165, 1.54) is 0 Å². The summed E-state index contributed by atoms with van der Waals surface area (Å²) in [6.45, 7) is 0.239. The van der Waals surface area contributed by atoms with E-state index in [9.17, 15) is 0 Å². The first-order valence-electron chi connectivity index (χ1n) is 6.93.